The van der Waals surface area contributed by atoms with Gasteiger partial charge in [0.05, 0.1) is 31.0 Å². The van der Waals surface area contributed by atoms with Crippen LogP contribution in [0.15, 0.2) is 24.3 Å². The number of hydrogen-bond donors (Lipinski definition) is 0. The van der Waals surface area contributed by atoms with Gasteiger partial charge in [-0.05, 0) is 49.3 Å². The van der Waals surface area contributed by atoms with E-state index in [1.807, 2.05) is 12.1 Å². The minimum Gasteiger partial charge on any atom is -0.493 e. The van der Waals surface area contributed by atoms with Crippen molar-refractivity contribution in [1.82, 2.24) is 0 Å². The molecular formula is C18H25NO2. The highest BCUT2D eigenvalue weighted by molar-refractivity contribution is 5.36. The molecule has 0 heterocycles. The molecule has 2 rings (SSSR count). The molecule has 3 heteroatoms. The van der Waals surface area contributed by atoms with Gasteiger partial charge in [0.15, 0.2) is 0 Å². The van der Waals surface area contributed by atoms with Crippen LogP contribution in [-0.4, -0.2) is 19.3 Å². The van der Waals surface area contributed by atoms with Gasteiger partial charge in [0, 0.05) is 6.42 Å². The first-order chi connectivity index (χ1) is 10.2. The van der Waals surface area contributed by atoms with Crippen LogP contribution in [0.3, 0.4) is 0 Å². The Hall–Kier alpha value is -1.53. The summed E-state index contributed by atoms with van der Waals surface area (Å²) in [4.78, 5) is 0. The number of benzene rings is 1. The summed E-state index contributed by atoms with van der Waals surface area (Å²) in [6.07, 6.45) is 5.02. The molecule has 114 valence electrons. The first-order valence-electron chi connectivity index (χ1n) is 7.92. The zero-order chi connectivity index (χ0) is 15.1. The third kappa shape index (κ3) is 5.40. The first-order valence-corrected chi connectivity index (χ1v) is 7.92. The van der Waals surface area contributed by atoms with Crippen LogP contribution in [0.5, 0.6) is 5.75 Å². The predicted octanol–water partition coefficient (Wildman–Crippen LogP) is 4.17. The largest absolute Gasteiger partial charge is 0.493 e. The van der Waals surface area contributed by atoms with Crippen LogP contribution in [0, 0.1) is 23.2 Å². The van der Waals surface area contributed by atoms with Crippen molar-refractivity contribution in [3.8, 4) is 11.8 Å². The van der Waals surface area contributed by atoms with Gasteiger partial charge in [0.25, 0.3) is 0 Å². The average molecular weight is 287 g/mol. The van der Waals surface area contributed by atoms with Gasteiger partial charge in [0.2, 0.25) is 0 Å². The van der Waals surface area contributed by atoms with Gasteiger partial charge in [-0.25, -0.2) is 0 Å². The summed E-state index contributed by atoms with van der Waals surface area (Å²) in [6, 6.07) is 9.39. The van der Waals surface area contributed by atoms with Crippen LogP contribution in [0.1, 0.15) is 45.1 Å². The number of hydrogen-bond acceptors (Lipinski definition) is 3. The van der Waals surface area contributed by atoms with Crippen molar-refractivity contribution in [3.05, 3.63) is 29.8 Å². The number of ether oxygens (including phenoxy) is 2. The van der Waals surface area contributed by atoms with Gasteiger partial charge < -0.3 is 9.47 Å². The lowest BCUT2D eigenvalue weighted by atomic mass is 9.82. The lowest BCUT2D eigenvalue weighted by molar-refractivity contribution is -0.00320. The molecule has 0 amide bonds. The predicted molar refractivity (Wildman–Crippen MR) is 83.2 cm³/mol. The fraction of sp³-hybridized carbons (Fsp3) is 0.611. The average Bonchev–Trinajstić information content (AvgIpc) is 2.46. The summed E-state index contributed by atoms with van der Waals surface area (Å²) >= 11 is 0. The summed E-state index contributed by atoms with van der Waals surface area (Å²) < 4.78 is 11.6. The molecule has 1 saturated carbocycles. The van der Waals surface area contributed by atoms with Gasteiger partial charge in [-0.15, -0.1) is 0 Å². The van der Waals surface area contributed by atoms with Crippen molar-refractivity contribution in [2.75, 3.05) is 13.2 Å². The summed E-state index contributed by atoms with van der Waals surface area (Å²) in [5.41, 5.74) is 0.633. The van der Waals surface area contributed by atoms with E-state index >= 15 is 0 Å². The van der Waals surface area contributed by atoms with Crippen LogP contribution in [-0.2, 0) is 4.74 Å². The molecule has 0 saturated heterocycles. The molecule has 0 radical (unpaired) electrons. The van der Waals surface area contributed by atoms with E-state index in [9.17, 15) is 0 Å². The highest BCUT2D eigenvalue weighted by Gasteiger charge is 2.24. The van der Waals surface area contributed by atoms with E-state index in [1.54, 1.807) is 12.1 Å². The Bertz CT molecular complexity index is 470. The Labute approximate surface area is 127 Å². The van der Waals surface area contributed by atoms with Crippen LogP contribution < -0.4 is 4.74 Å². The topological polar surface area (TPSA) is 42.2 Å². The smallest absolute Gasteiger partial charge is 0.120 e. The van der Waals surface area contributed by atoms with Gasteiger partial charge >= 0.3 is 0 Å². The molecule has 21 heavy (non-hydrogen) atoms. The molecule has 1 aliphatic rings. The lowest BCUT2D eigenvalue weighted by Crippen LogP contribution is -2.26. The van der Waals surface area contributed by atoms with Crippen LogP contribution in [0.4, 0.5) is 0 Å². The third-order valence-electron chi connectivity index (χ3n) is 4.01. The molecule has 0 spiro atoms. The van der Waals surface area contributed by atoms with Crippen molar-refractivity contribution in [3.63, 3.8) is 0 Å². The molecule has 0 aliphatic heterocycles. The number of nitriles is 1. The Kier molecular flexibility index (Phi) is 6.07. The molecule has 0 bridgehead atoms. The molecule has 1 fully saturated rings. The van der Waals surface area contributed by atoms with Crippen molar-refractivity contribution in [2.24, 2.45) is 11.8 Å². The second-order valence-corrected chi connectivity index (χ2v) is 6.25. The maximum Gasteiger partial charge on any atom is 0.120 e. The zero-order valence-electron chi connectivity index (χ0n) is 13.0. The number of rotatable bonds is 6. The standard InChI is InChI=1S/C18H25NO2/c1-14-9-15(2)11-18(10-14)21-8-4-7-20-17-6-3-5-16(12-17)13-19/h3,5-6,12,14-15,18H,4,7-11H2,1-2H3. The summed E-state index contributed by atoms with van der Waals surface area (Å²) in [7, 11) is 0. The molecule has 3 nitrogen and oxygen atoms in total. The molecule has 1 aromatic rings. The van der Waals surface area contributed by atoms with E-state index in [0.29, 0.717) is 18.3 Å². The maximum atomic E-state index is 8.83. The molecule has 1 aromatic carbocycles. The van der Waals surface area contributed by atoms with Crippen molar-refractivity contribution in [2.45, 2.75) is 45.6 Å². The Balaban J connectivity index is 1.62. The van der Waals surface area contributed by atoms with Gasteiger partial charge in [-0.3, -0.25) is 0 Å². The Morgan fingerprint density at radius 1 is 1.14 bits per heavy atom. The van der Waals surface area contributed by atoms with E-state index in [1.165, 1.54) is 19.3 Å². The van der Waals surface area contributed by atoms with E-state index in [4.69, 9.17) is 14.7 Å². The monoisotopic (exact) mass is 287 g/mol. The van der Waals surface area contributed by atoms with E-state index < -0.39 is 0 Å². The molecular weight excluding hydrogens is 262 g/mol. The molecule has 2 unspecified atom stereocenters. The highest BCUT2D eigenvalue weighted by atomic mass is 16.5. The molecule has 1 aliphatic carbocycles. The number of nitrogens with zero attached hydrogens (tertiary/aromatic N) is 1. The minimum absolute atomic E-state index is 0.422. The summed E-state index contributed by atoms with van der Waals surface area (Å²) in [6.45, 7) is 6.02. The third-order valence-corrected chi connectivity index (χ3v) is 4.01. The fourth-order valence-corrected chi connectivity index (χ4v) is 3.16. The fourth-order valence-electron chi connectivity index (χ4n) is 3.16. The summed E-state index contributed by atoms with van der Waals surface area (Å²) in [5.74, 6) is 2.32. The van der Waals surface area contributed by atoms with E-state index in [-0.39, 0.29) is 0 Å². The first kappa shape index (κ1) is 15.9. The highest BCUT2D eigenvalue weighted by Crippen LogP contribution is 2.30. The van der Waals surface area contributed by atoms with Crippen LogP contribution in [0.25, 0.3) is 0 Å². The quantitative estimate of drug-likeness (QED) is 0.737. The Morgan fingerprint density at radius 2 is 1.90 bits per heavy atom. The summed E-state index contributed by atoms with van der Waals surface area (Å²) in [5, 5.41) is 8.83. The molecule has 0 N–H and O–H groups in total. The van der Waals surface area contributed by atoms with Crippen molar-refractivity contribution < 1.29 is 9.47 Å². The second kappa shape index (κ2) is 8.05. The zero-order valence-corrected chi connectivity index (χ0v) is 13.0. The van der Waals surface area contributed by atoms with E-state index in [0.717, 1.165) is 30.6 Å². The second-order valence-electron chi connectivity index (χ2n) is 6.25. The lowest BCUT2D eigenvalue weighted by Gasteiger charge is -2.31. The van der Waals surface area contributed by atoms with Crippen molar-refractivity contribution in [1.29, 1.82) is 5.26 Å². The minimum atomic E-state index is 0.422. The normalized spacial score (nSPS) is 25.3. The SMILES string of the molecule is CC1CC(C)CC(OCCCOc2cccc(C#N)c2)C1. The van der Waals surface area contributed by atoms with E-state index in [2.05, 4.69) is 19.9 Å². The molecule has 0 aromatic heterocycles. The van der Waals surface area contributed by atoms with Gasteiger partial charge in [-0.1, -0.05) is 19.9 Å². The van der Waals surface area contributed by atoms with Crippen LogP contribution in [0.2, 0.25) is 0 Å². The maximum absolute atomic E-state index is 8.83. The Morgan fingerprint density at radius 3 is 2.62 bits per heavy atom. The molecule has 2 atom stereocenters. The van der Waals surface area contributed by atoms with Gasteiger partial charge in [-0.2, -0.15) is 5.26 Å². The van der Waals surface area contributed by atoms with Crippen LogP contribution >= 0.6 is 0 Å². The van der Waals surface area contributed by atoms with Crippen molar-refractivity contribution >= 4 is 0 Å². The van der Waals surface area contributed by atoms with Gasteiger partial charge in [0.1, 0.15) is 5.75 Å².